The molecule has 2 fully saturated rings. The largest absolute Gasteiger partial charge is 0.357 e. The van der Waals surface area contributed by atoms with Crippen molar-refractivity contribution in [1.82, 2.24) is 20.2 Å². The number of hydrogen-bond donors (Lipinski definition) is 2. The zero-order valence-electron chi connectivity index (χ0n) is 16.3. The summed E-state index contributed by atoms with van der Waals surface area (Å²) in [5.74, 6) is 3.97. The van der Waals surface area contributed by atoms with E-state index in [1.54, 1.807) is 0 Å². The van der Waals surface area contributed by atoms with E-state index in [0.717, 1.165) is 60.6 Å². The van der Waals surface area contributed by atoms with Crippen molar-refractivity contribution in [3.8, 4) is 0 Å². The zero-order valence-corrected chi connectivity index (χ0v) is 18.6. The van der Waals surface area contributed by atoms with E-state index >= 15 is 0 Å². The fourth-order valence-corrected chi connectivity index (χ4v) is 4.56. The van der Waals surface area contributed by atoms with Gasteiger partial charge in [0.1, 0.15) is 5.82 Å². The SMILES string of the molecule is CCNC(=NCCCc1nc2ccccc2[nH]1)N1CC2CCCCC2C1.I. The van der Waals surface area contributed by atoms with Gasteiger partial charge in [-0.25, -0.2) is 4.98 Å². The number of nitrogens with one attached hydrogen (secondary N) is 2. The lowest BCUT2D eigenvalue weighted by Crippen LogP contribution is -2.40. The average molecular weight is 481 g/mol. The third-order valence-corrected chi connectivity index (χ3v) is 5.88. The highest BCUT2D eigenvalue weighted by Crippen LogP contribution is 2.35. The molecule has 2 unspecified atom stereocenters. The standard InChI is InChI=1S/C21H31N5.HI/c1-2-22-21(26-14-16-8-3-4-9-17(16)15-26)23-13-7-12-20-24-18-10-5-6-11-19(18)25-20;/h5-6,10-11,16-17H,2-4,7-9,12-15H2,1H3,(H,22,23)(H,24,25);1H. The summed E-state index contributed by atoms with van der Waals surface area (Å²) in [7, 11) is 0. The first-order valence-corrected chi connectivity index (χ1v) is 10.3. The quantitative estimate of drug-likeness (QED) is 0.291. The first-order chi connectivity index (χ1) is 12.8. The lowest BCUT2D eigenvalue weighted by molar-refractivity contribution is 0.299. The number of nitrogens with zero attached hydrogens (tertiary/aromatic N) is 3. The maximum Gasteiger partial charge on any atom is 0.193 e. The molecule has 1 saturated carbocycles. The lowest BCUT2D eigenvalue weighted by Gasteiger charge is -2.22. The molecule has 2 aliphatic rings. The van der Waals surface area contributed by atoms with Crippen LogP contribution in [0.4, 0.5) is 0 Å². The topological polar surface area (TPSA) is 56.3 Å². The van der Waals surface area contributed by atoms with Gasteiger partial charge in [0.2, 0.25) is 0 Å². The summed E-state index contributed by atoms with van der Waals surface area (Å²) < 4.78 is 0. The number of H-pyrrole nitrogens is 1. The van der Waals surface area contributed by atoms with Gasteiger partial charge in [0.25, 0.3) is 0 Å². The molecule has 0 radical (unpaired) electrons. The van der Waals surface area contributed by atoms with Crippen molar-refractivity contribution < 1.29 is 0 Å². The lowest BCUT2D eigenvalue weighted by atomic mass is 9.82. The Bertz CT molecular complexity index is 709. The van der Waals surface area contributed by atoms with E-state index < -0.39 is 0 Å². The first-order valence-electron chi connectivity index (χ1n) is 10.3. The Balaban J connectivity index is 0.00000210. The van der Waals surface area contributed by atoms with E-state index in [4.69, 9.17) is 4.99 Å². The molecule has 27 heavy (non-hydrogen) atoms. The minimum atomic E-state index is 0. The molecule has 2 aromatic rings. The van der Waals surface area contributed by atoms with Gasteiger partial charge < -0.3 is 15.2 Å². The highest BCUT2D eigenvalue weighted by Gasteiger charge is 2.35. The first kappa shape index (κ1) is 20.4. The molecule has 4 rings (SSSR count). The summed E-state index contributed by atoms with van der Waals surface area (Å²) in [6.45, 7) is 6.34. The van der Waals surface area contributed by atoms with Crippen LogP contribution in [0, 0.1) is 11.8 Å². The minimum absolute atomic E-state index is 0. The summed E-state index contributed by atoms with van der Waals surface area (Å²) in [5.41, 5.74) is 2.18. The molecule has 5 nitrogen and oxygen atoms in total. The highest BCUT2D eigenvalue weighted by atomic mass is 127. The molecule has 1 saturated heterocycles. The van der Waals surface area contributed by atoms with Gasteiger partial charge in [-0.3, -0.25) is 4.99 Å². The second-order valence-corrected chi connectivity index (χ2v) is 7.75. The number of rotatable bonds is 5. The third kappa shape index (κ3) is 4.95. The zero-order chi connectivity index (χ0) is 17.8. The number of fused-ring (bicyclic) bond motifs is 2. The number of para-hydroxylation sites is 2. The minimum Gasteiger partial charge on any atom is -0.357 e. The van der Waals surface area contributed by atoms with Crippen molar-refractivity contribution >= 4 is 41.0 Å². The number of benzene rings is 1. The summed E-state index contributed by atoms with van der Waals surface area (Å²) in [4.78, 5) is 15.5. The van der Waals surface area contributed by atoms with Gasteiger partial charge in [-0.2, -0.15) is 0 Å². The van der Waals surface area contributed by atoms with Crippen molar-refractivity contribution in [2.24, 2.45) is 16.8 Å². The summed E-state index contributed by atoms with van der Waals surface area (Å²) in [5, 5.41) is 3.51. The van der Waals surface area contributed by atoms with E-state index in [9.17, 15) is 0 Å². The molecule has 2 heterocycles. The Labute approximate surface area is 179 Å². The van der Waals surface area contributed by atoms with Crippen molar-refractivity contribution in [2.45, 2.75) is 45.4 Å². The van der Waals surface area contributed by atoms with Crippen molar-refractivity contribution in [3.05, 3.63) is 30.1 Å². The van der Waals surface area contributed by atoms with Crippen LogP contribution in [-0.2, 0) is 6.42 Å². The normalized spacial score (nSPS) is 22.6. The fraction of sp³-hybridized carbons (Fsp3) is 0.619. The van der Waals surface area contributed by atoms with Crippen LogP contribution in [0.25, 0.3) is 11.0 Å². The number of aromatic nitrogens is 2. The molecule has 148 valence electrons. The van der Waals surface area contributed by atoms with Crippen LogP contribution in [0.15, 0.2) is 29.3 Å². The van der Waals surface area contributed by atoms with E-state index in [2.05, 4.69) is 39.2 Å². The van der Waals surface area contributed by atoms with Crippen LogP contribution in [0.3, 0.4) is 0 Å². The molecule has 2 N–H and O–H groups in total. The van der Waals surface area contributed by atoms with E-state index in [1.807, 2.05) is 12.1 Å². The van der Waals surface area contributed by atoms with Crippen LogP contribution in [-0.4, -0.2) is 47.0 Å². The Morgan fingerprint density at radius 3 is 2.67 bits per heavy atom. The number of imidazole rings is 1. The van der Waals surface area contributed by atoms with Gasteiger partial charge in [0, 0.05) is 32.6 Å². The smallest absolute Gasteiger partial charge is 0.193 e. The van der Waals surface area contributed by atoms with Crippen LogP contribution in [0.1, 0.15) is 44.9 Å². The second kappa shape index (κ2) is 9.75. The summed E-state index contributed by atoms with van der Waals surface area (Å²) >= 11 is 0. The number of aromatic amines is 1. The van der Waals surface area contributed by atoms with Gasteiger partial charge in [-0.15, -0.1) is 24.0 Å². The van der Waals surface area contributed by atoms with Gasteiger partial charge in [-0.05, 0) is 50.2 Å². The number of guanidine groups is 1. The number of halogens is 1. The fourth-order valence-electron chi connectivity index (χ4n) is 4.56. The molecule has 1 aromatic heterocycles. The maximum absolute atomic E-state index is 4.91. The Morgan fingerprint density at radius 2 is 1.96 bits per heavy atom. The van der Waals surface area contributed by atoms with Crippen molar-refractivity contribution in [3.63, 3.8) is 0 Å². The summed E-state index contributed by atoms with van der Waals surface area (Å²) in [6.07, 6.45) is 7.62. The molecule has 1 aliphatic heterocycles. The van der Waals surface area contributed by atoms with Crippen LogP contribution in [0.2, 0.25) is 0 Å². The molecule has 2 atom stereocenters. The second-order valence-electron chi connectivity index (χ2n) is 7.75. The Morgan fingerprint density at radius 1 is 1.22 bits per heavy atom. The third-order valence-electron chi connectivity index (χ3n) is 5.88. The van der Waals surface area contributed by atoms with Crippen molar-refractivity contribution in [2.75, 3.05) is 26.2 Å². The number of aliphatic imine (C=N–C) groups is 1. The predicted octanol–water partition coefficient (Wildman–Crippen LogP) is 4.20. The average Bonchev–Trinajstić information content (AvgIpc) is 3.27. The monoisotopic (exact) mass is 481 g/mol. The molecule has 0 amide bonds. The molecule has 0 spiro atoms. The molecule has 1 aliphatic carbocycles. The molecule has 1 aromatic carbocycles. The Kier molecular flexibility index (Phi) is 7.38. The predicted molar refractivity (Wildman–Crippen MR) is 123 cm³/mol. The van der Waals surface area contributed by atoms with E-state index in [0.29, 0.717) is 0 Å². The number of likely N-dealkylation sites (tertiary alicyclic amines) is 1. The van der Waals surface area contributed by atoms with E-state index in [-0.39, 0.29) is 24.0 Å². The van der Waals surface area contributed by atoms with Gasteiger partial charge in [0.05, 0.1) is 11.0 Å². The number of hydrogen-bond acceptors (Lipinski definition) is 2. The van der Waals surface area contributed by atoms with E-state index in [1.165, 1.54) is 38.8 Å². The van der Waals surface area contributed by atoms with Crippen LogP contribution < -0.4 is 5.32 Å². The van der Waals surface area contributed by atoms with Gasteiger partial charge >= 0.3 is 0 Å². The molecular weight excluding hydrogens is 449 g/mol. The van der Waals surface area contributed by atoms with Gasteiger partial charge in [0.15, 0.2) is 5.96 Å². The highest BCUT2D eigenvalue weighted by molar-refractivity contribution is 14.0. The summed E-state index contributed by atoms with van der Waals surface area (Å²) in [6, 6.07) is 8.22. The van der Waals surface area contributed by atoms with Gasteiger partial charge in [-0.1, -0.05) is 25.0 Å². The molecular formula is C21H32IN5. The maximum atomic E-state index is 4.91. The van der Waals surface area contributed by atoms with Crippen LogP contribution >= 0.6 is 24.0 Å². The molecule has 6 heteroatoms. The number of aryl methyl sites for hydroxylation is 1. The molecule has 0 bridgehead atoms. The van der Waals surface area contributed by atoms with Crippen LogP contribution in [0.5, 0.6) is 0 Å². The Hall–Kier alpha value is -1.31. The van der Waals surface area contributed by atoms with Crippen molar-refractivity contribution in [1.29, 1.82) is 0 Å².